The number of benzene rings is 1. The SMILES string of the molecule is CNC(=O)[C@@H]1[C@H]2C(=O)N(CCCCCCO)C(C(=O)Nc3cc(C)ccc3C)C23CC[C@@]1(C)O3. The molecule has 4 rings (SSSR count). The average molecular weight is 472 g/mol. The number of nitrogens with one attached hydrogen (secondary N) is 2. The molecule has 0 aliphatic carbocycles. The van der Waals surface area contributed by atoms with Crippen LogP contribution in [0.5, 0.6) is 0 Å². The number of aliphatic hydroxyl groups excluding tert-OH is 1. The second kappa shape index (κ2) is 9.30. The number of fused-ring (bicyclic) bond motifs is 1. The van der Waals surface area contributed by atoms with Gasteiger partial charge in [-0.25, -0.2) is 0 Å². The summed E-state index contributed by atoms with van der Waals surface area (Å²) >= 11 is 0. The topological polar surface area (TPSA) is 108 Å². The third-order valence-corrected chi connectivity index (χ3v) is 8.01. The fourth-order valence-corrected chi connectivity index (χ4v) is 6.34. The molecule has 1 aromatic rings. The Morgan fingerprint density at radius 2 is 1.88 bits per heavy atom. The van der Waals surface area contributed by atoms with Crippen molar-refractivity contribution < 1.29 is 24.2 Å². The maximum absolute atomic E-state index is 13.8. The van der Waals surface area contributed by atoms with E-state index < -0.39 is 29.1 Å². The predicted molar refractivity (Wildman–Crippen MR) is 128 cm³/mol. The normalized spacial score (nSPS) is 31.6. The highest BCUT2D eigenvalue weighted by Gasteiger charge is 2.77. The molecule has 2 unspecified atom stereocenters. The summed E-state index contributed by atoms with van der Waals surface area (Å²) in [5.41, 5.74) is 0.938. The van der Waals surface area contributed by atoms with Gasteiger partial charge in [0.1, 0.15) is 11.6 Å². The highest BCUT2D eigenvalue weighted by Crippen LogP contribution is 2.63. The summed E-state index contributed by atoms with van der Waals surface area (Å²) in [5.74, 6) is -1.92. The molecule has 1 spiro atoms. The van der Waals surface area contributed by atoms with Gasteiger partial charge in [-0.05, 0) is 63.6 Å². The van der Waals surface area contributed by atoms with Crippen LogP contribution in [0.1, 0.15) is 56.6 Å². The van der Waals surface area contributed by atoms with Gasteiger partial charge in [-0.15, -0.1) is 0 Å². The first-order valence-corrected chi connectivity index (χ1v) is 12.4. The molecule has 3 amide bonds. The van der Waals surface area contributed by atoms with Gasteiger partial charge in [0.2, 0.25) is 17.7 Å². The van der Waals surface area contributed by atoms with Gasteiger partial charge in [-0.2, -0.15) is 0 Å². The zero-order valence-electron chi connectivity index (χ0n) is 20.6. The van der Waals surface area contributed by atoms with Gasteiger partial charge in [0.05, 0.1) is 17.4 Å². The number of ether oxygens (including phenoxy) is 1. The standard InChI is InChI=1S/C26H37N3O5/c1-16-9-10-17(2)18(15-16)28-23(32)21-26-12-11-25(3,34-26)19(22(31)27-4)20(26)24(33)29(21)13-7-5-6-8-14-30/h9-10,15,19-21,30H,5-8,11-14H2,1-4H3,(H,27,31)(H,28,32)/t19-,20-,21?,25+,26?/m0/s1. The fraction of sp³-hybridized carbons (Fsp3) is 0.654. The molecule has 0 aromatic heterocycles. The van der Waals surface area contributed by atoms with Gasteiger partial charge in [0.25, 0.3) is 0 Å². The van der Waals surface area contributed by atoms with Gasteiger partial charge >= 0.3 is 0 Å². The Kier molecular flexibility index (Phi) is 6.75. The first kappa shape index (κ1) is 24.7. The molecule has 8 heteroatoms. The molecular formula is C26H37N3O5. The lowest BCUT2D eigenvalue weighted by atomic mass is 9.66. The van der Waals surface area contributed by atoms with Crippen molar-refractivity contribution in [1.82, 2.24) is 10.2 Å². The van der Waals surface area contributed by atoms with Crippen molar-refractivity contribution in [3.05, 3.63) is 29.3 Å². The largest absolute Gasteiger partial charge is 0.396 e. The molecule has 0 radical (unpaired) electrons. The number of hydrogen-bond acceptors (Lipinski definition) is 5. The third kappa shape index (κ3) is 3.90. The van der Waals surface area contributed by atoms with E-state index >= 15 is 0 Å². The van der Waals surface area contributed by atoms with Gasteiger partial charge in [-0.3, -0.25) is 14.4 Å². The van der Waals surface area contributed by atoms with Crippen LogP contribution in [0.15, 0.2) is 18.2 Å². The van der Waals surface area contributed by atoms with Gasteiger partial charge in [0, 0.05) is 25.9 Å². The summed E-state index contributed by atoms with van der Waals surface area (Å²) in [6, 6.07) is 5.10. The fourth-order valence-electron chi connectivity index (χ4n) is 6.34. The van der Waals surface area contributed by atoms with Crippen LogP contribution in [-0.4, -0.2) is 65.2 Å². The maximum Gasteiger partial charge on any atom is 0.250 e. The molecule has 3 saturated heterocycles. The molecular weight excluding hydrogens is 434 g/mol. The van der Waals surface area contributed by atoms with Crippen LogP contribution >= 0.6 is 0 Å². The highest BCUT2D eigenvalue weighted by atomic mass is 16.5. The van der Waals surface area contributed by atoms with E-state index in [1.165, 1.54) is 0 Å². The van der Waals surface area contributed by atoms with E-state index in [1.54, 1.807) is 11.9 Å². The van der Waals surface area contributed by atoms with Crippen LogP contribution in [0, 0.1) is 25.7 Å². The Hall–Kier alpha value is -2.45. The number of amides is 3. The van der Waals surface area contributed by atoms with Crippen molar-refractivity contribution in [3.8, 4) is 0 Å². The Balaban J connectivity index is 1.67. The number of unbranched alkanes of at least 4 members (excludes halogenated alkanes) is 3. The van der Waals surface area contributed by atoms with Crippen molar-refractivity contribution in [2.75, 3.05) is 25.5 Å². The van der Waals surface area contributed by atoms with Crippen LogP contribution in [-0.2, 0) is 19.1 Å². The number of hydrogen-bond donors (Lipinski definition) is 3. The molecule has 34 heavy (non-hydrogen) atoms. The first-order chi connectivity index (χ1) is 16.2. The number of aryl methyl sites for hydroxylation is 2. The summed E-state index contributed by atoms with van der Waals surface area (Å²) in [6.07, 6.45) is 4.36. The van der Waals surface area contributed by atoms with E-state index in [9.17, 15) is 14.4 Å². The summed E-state index contributed by atoms with van der Waals surface area (Å²) in [7, 11) is 1.58. The molecule has 5 atom stereocenters. The number of carbonyl (C=O) groups is 3. The second-order valence-electron chi connectivity index (χ2n) is 10.3. The number of nitrogens with zero attached hydrogens (tertiary/aromatic N) is 1. The molecule has 2 bridgehead atoms. The van der Waals surface area contributed by atoms with Crippen LogP contribution in [0.25, 0.3) is 0 Å². The molecule has 3 aliphatic heterocycles. The van der Waals surface area contributed by atoms with Crippen LogP contribution in [0.4, 0.5) is 5.69 Å². The van der Waals surface area contributed by atoms with Crippen molar-refractivity contribution >= 4 is 23.4 Å². The first-order valence-electron chi connectivity index (χ1n) is 12.4. The lowest BCUT2D eigenvalue weighted by Gasteiger charge is -2.33. The lowest BCUT2D eigenvalue weighted by Crippen LogP contribution is -2.53. The van der Waals surface area contributed by atoms with Crippen LogP contribution in [0.3, 0.4) is 0 Å². The summed E-state index contributed by atoms with van der Waals surface area (Å²) in [6.45, 7) is 6.38. The minimum atomic E-state index is -1.00. The molecule has 1 aromatic carbocycles. The molecule has 3 N–H and O–H groups in total. The molecule has 3 aliphatic rings. The summed E-state index contributed by atoms with van der Waals surface area (Å²) < 4.78 is 6.56. The van der Waals surface area contributed by atoms with Crippen molar-refractivity contribution in [2.24, 2.45) is 11.8 Å². The van der Waals surface area contributed by atoms with Crippen LogP contribution < -0.4 is 10.6 Å². The van der Waals surface area contributed by atoms with E-state index in [2.05, 4.69) is 10.6 Å². The van der Waals surface area contributed by atoms with Crippen molar-refractivity contribution in [3.63, 3.8) is 0 Å². The van der Waals surface area contributed by atoms with Crippen LogP contribution in [0.2, 0.25) is 0 Å². The second-order valence-corrected chi connectivity index (χ2v) is 10.3. The van der Waals surface area contributed by atoms with Crippen molar-refractivity contribution in [2.45, 2.75) is 76.5 Å². The zero-order valence-corrected chi connectivity index (χ0v) is 20.6. The smallest absolute Gasteiger partial charge is 0.250 e. The quantitative estimate of drug-likeness (QED) is 0.479. The van der Waals surface area contributed by atoms with Gasteiger partial charge < -0.3 is 25.4 Å². The van der Waals surface area contributed by atoms with E-state index in [0.29, 0.717) is 19.4 Å². The molecule has 0 saturated carbocycles. The van der Waals surface area contributed by atoms with E-state index in [4.69, 9.17) is 9.84 Å². The Labute approximate surface area is 201 Å². The van der Waals surface area contributed by atoms with Crippen molar-refractivity contribution in [1.29, 1.82) is 0 Å². The maximum atomic E-state index is 13.8. The van der Waals surface area contributed by atoms with E-state index in [-0.39, 0.29) is 24.3 Å². The Morgan fingerprint density at radius 3 is 2.59 bits per heavy atom. The molecule has 186 valence electrons. The monoisotopic (exact) mass is 471 g/mol. The van der Waals surface area contributed by atoms with E-state index in [1.807, 2.05) is 39.0 Å². The number of likely N-dealkylation sites (tertiary alicyclic amines) is 1. The molecule has 8 nitrogen and oxygen atoms in total. The number of rotatable bonds is 9. The minimum absolute atomic E-state index is 0.148. The summed E-state index contributed by atoms with van der Waals surface area (Å²) in [4.78, 5) is 42.2. The number of carbonyl (C=O) groups excluding carboxylic acids is 3. The average Bonchev–Trinajstić information content (AvgIpc) is 3.36. The Bertz CT molecular complexity index is 981. The molecule has 3 fully saturated rings. The lowest BCUT2D eigenvalue weighted by molar-refractivity contribution is -0.144. The number of anilines is 1. The minimum Gasteiger partial charge on any atom is -0.396 e. The molecule has 3 heterocycles. The third-order valence-electron chi connectivity index (χ3n) is 8.01. The number of aliphatic hydroxyl groups is 1. The van der Waals surface area contributed by atoms with E-state index in [0.717, 1.165) is 42.5 Å². The van der Waals surface area contributed by atoms with Gasteiger partial charge in [-0.1, -0.05) is 25.0 Å². The zero-order chi connectivity index (χ0) is 24.7. The highest BCUT2D eigenvalue weighted by molar-refractivity contribution is 6.04. The Morgan fingerprint density at radius 1 is 1.15 bits per heavy atom. The summed E-state index contributed by atoms with van der Waals surface area (Å²) in [5, 5.41) is 14.8. The van der Waals surface area contributed by atoms with Gasteiger partial charge in [0.15, 0.2) is 0 Å². The predicted octanol–water partition coefficient (Wildman–Crippen LogP) is 2.31.